The molecule has 0 saturated heterocycles. The van der Waals surface area contributed by atoms with Gasteiger partial charge < -0.3 is 15.0 Å². The molecule has 0 amide bonds. The lowest BCUT2D eigenvalue weighted by molar-refractivity contribution is 0.282. The molecule has 4 nitrogen and oxygen atoms in total. The zero-order valence-electron chi connectivity index (χ0n) is 13.4. The molecule has 1 heterocycles. The summed E-state index contributed by atoms with van der Waals surface area (Å²) in [6.07, 6.45) is 4.81. The minimum atomic E-state index is 0.341. The molecular formula is C16H29N3O. The predicted molar refractivity (Wildman–Crippen MR) is 84.2 cm³/mol. The standard InChI is InChI=1S/C16H29N3O/c1-5-18-16(9-10-19(6-2)7-3)14-11-15(20-8-4)13-17-12-14/h11-13,16,18H,5-10H2,1-4H3. The predicted octanol–water partition coefficient (Wildman–Crippen LogP) is 2.86. The first-order chi connectivity index (χ1) is 9.74. The maximum Gasteiger partial charge on any atom is 0.137 e. The molecular weight excluding hydrogens is 250 g/mol. The van der Waals surface area contributed by atoms with E-state index in [9.17, 15) is 0 Å². The third-order valence-electron chi connectivity index (χ3n) is 3.53. The van der Waals surface area contributed by atoms with Crippen LogP contribution in [0.3, 0.4) is 0 Å². The van der Waals surface area contributed by atoms with Gasteiger partial charge in [0.1, 0.15) is 5.75 Å². The SMILES string of the molecule is CCNC(CCN(CC)CC)c1cncc(OCC)c1. The molecule has 0 aliphatic heterocycles. The molecule has 20 heavy (non-hydrogen) atoms. The van der Waals surface area contributed by atoms with Crippen LogP contribution in [0.15, 0.2) is 18.5 Å². The van der Waals surface area contributed by atoms with Gasteiger partial charge in [-0.05, 0) is 51.2 Å². The summed E-state index contributed by atoms with van der Waals surface area (Å²) in [5, 5.41) is 3.55. The number of rotatable bonds is 10. The van der Waals surface area contributed by atoms with Crippen molar-refractivity contribution in [3.63, 3.8) is 0 Å². The van der Waals surface area contributed by atoms with Crippen LogP contribution in [0.4, 0.5) is 0 Å². The molecule has 0 bridgehead atoms. The third-order valence-corrected chi connectivity index (χ3v) is 3.53. The molecule has 1 aromatic heterocycles. The van der Waals surface area contributed by atoms with E-state index in [0.29, 0.717) is 12.6 Å². The summed E-state index contributed by atoms with van der Waals surface area (Å²) in [5.74, 6) is 0.857. The molecule has 4 heteroatoms. The number of hydrogen-bond donors (Lipinski definition) is 1. The number of nitrogens with one attached hydrogen (secondary N) is 1. The normalized spacial score (nSPS) is 12.7. The van der Waals surface area contributed by atoms with Gasteiger partial charge in [-0.3, -0.25) is 4.98 Å². The molecule has 0 aliphatic rings. The molecule has 1 unspecified atom stereocenters. The second kappa shape index (κ2) is 9.72. The van der Waals surface area contributed by atoms with Gasteiger partial charge >= 0.3 is 0 Å². The Kier molecular flexibility index (Phi) is 8.23. The summed E-state index contributed by atoms with van der Waals surface area (Å²) in [5.41, 5.74) is 1.21. The van der Waals surface area contributed by atoms with E-state index in [1.165, 1.54) is 5.56 Å². The zero-order chi connectivity index (χ0) is 14.8. The average molecular weight is 279 g/mol. The molecule has 0 spiro atoms. The van der Waals surface area contributed by atoms with Crippen LogP contribution >= 0.6 is 0 Å². The number of nitrogens with zero attached hydrogens (tertiary/aromatic N) is 2. The highest BCUT2D eigenvalue weighted by Gasteiger charge is 2.13. The van der Waals surface area contributed by atoms with Gasteiger partial charge in [-0.25, -0.2) is 0 Å². The van der Waals surface area contributed by atoms with Gasteiger partial charge in [0.25, 0.3) is 0 Å². The highest BCUT2D eigenvalue weighted by Crippen LogP contribution is 2.20. The Bertz CT molecular complexity index is 366. The van der Waals surface area contributed by atoms with Crippen molar-refractivity contribution in [2.45, 2.75) is 40.2 Å². The maximum absolute atomic E-state index is 5.54. The summed E-state index contributed by atoms with van der Waals surface area (Å²) in [6, 6.07) is 2.44. The minimum absolute atomic E-state index is 0.341. The fraction of sp³-hybridized carbons (Fsp3) is 0.688. The van der Waals surface area contributed by atoms with Gasteiger partial charge in [0, 0.05) is 12.2 Å². The van der Waals surface area contributed by atoms with Crippen molar-refractivity contribution in [1.29, 1.82) is 0 Å². The van der Waals surface area contributed by atoms with Crippen LogP contribution in [0, 0.1) is 0 Å². The van der Waals surface area contributed by atoms with Crippen molar-refractivity contribution in [1.82, 2.24) is 15.2 Å². The molecule has 0 fully saturated rings. The molecule has 0 saturated carbocycles. The smallest absolute Gasteiger partial charge is 0.137 e. The van der Waals surface area contributed by atoms with Crippen molar-refractivity contribution in [3.05, 3.63) is 24.0 Å². The summed E-state index contributed by atoms with van der Waals surface area (Å²) in [6.45, 7) is 13.5. The summed E-state index contributed by atoms with van der Waals surface area (Å²) < 4.78 is 5.54. The highest BCUT2D eigenvalue weighted by molar-refractivity contribution is 5.26. The van der Waals surface area contributed by atoms with E-state index in [4.69, 9.17) is 4.74 Å². The second-order valence-corrected chi connectivity index (χ2v) is 4.81. The van der Waals surface area contributed by atoms with Crippen LogP contribution in [-0.4, -0.2) is 42.7 Å². The lowest BCUT2D eigenvalue weighted by Crippen LogP contribution is -2.29. The van der Waals surface area contributed by atoms with Gasteiger partial charge in [0.05, 0.1) is 12.8 Å². The van der Waals surface area contributed by atoms with E-state index < -0.39 is 0 Å². The Balaban J connectivity index is 2.71. The van der Waals surface area contributed by atoms with E-state index in [0.717, 1.165) is 38.3 Å². The van der Waals surface area contributed by atoms with E-state index in [2.05, 4.69) is 42.0 Å². The van der Waals surface area contributed by atoms with E-state index in [1.807, 2.05) is 13.1 Å². The van der Waals surface area contributed by atoms with Crippen molar-refractivity contribution >= 4 is 0 Å². The average Bonchev–Trinajstić information content (AvgIpc) is 2.48. The Hall–Kier alpha value is -1.13. The Morgan fingerprint density at radius 2 is 1.95 bits per heavy atom. The molecule has 0 aliphatic carbocycles. The van der Waals surface area contributed by atoms with Crippen LogP contribution in [0.1, 0.15) is 45.7 Å². The van der Waals surface area contributed by atoms with Crippen molar-refractivity contribution in [3.8, 4) is 5.75 Å². The lowest BCUT2D eigenvalue weighted by Gasteiger charge is -2.23. The van der Waals surface area contributed by atoms with Crippen LogP contribution in [0.25, 0.3) is 0 Å². The van der Waals surface area contributed by atoms with E-state index in [-0.39, 0.29) is 0 Å². The molecule has 1 aromatic rings. The molecule has 1 rings (SSSR count). The Morgan fingerprint density at radius 1 is 1.20 bits per heavy atom. The Labute approximate surface area is 123 Å². The highest BCUT2D eigenvalue weighted by atomic mass is 16.5. The van der Waals surface area contributed by atoms with Gasteiger partial charge in [0.15, 0.2) is 0 Å². The minimum Gasteiger partial charge on any atom is -0.492 e. The van der Waals surface area contributed by atoms with Crippen LogP contribution < -0.4 is 10.1 Å². The second-order valence-electron chi connectivity index (χ2n) is 4.81. The lowest BCUT2D eigenvalue weighted by atomic mass is 10.1. The zero-order valence-corrected chi connectivity index (χ0v) is 13.4. The summed E-state index contributed by atoms with van der Waals surface area (Å²) >= 11 is 0. The first-order valence-electron chi connectivity index (χ1n) is 7.78. The molecule has 114 valence electrons. The van der Waals surface area contributed by atoms with Crippen molar-refractivity contribution < 1.29 is 4.74 Å². The quantitative estimate of drug-likeness (QED) is 0.714. The fourth-order valence-corrected chi connectivity index (χ4v) is 2.36. The number of pyridine rings is 1. The van der Waals surface area contributed by atoms with E-state index in [1.54, 1.807) is 6.20 Å². The fourth-order valence-electron chi connectivity index (χ4n) is 2.36. The third kappa shape index (κ3) is 5.47. The number of ether oxygens (including phenoxy) is 1. The molecule has 1 atom stereocenters. The molecule has 0 aromatic carbocycles. The van der Waals surface area contributed by atoms with Crippen molar-refractivity contribution in [2.24, 2.45) is 0 Å². The maximum atomic E-state index is 5.54. The van der Waals surface area contributed by atoms with Gasteiger partial charge in [-0.2, -0.15) is 0 Å². The summed E-state index contributed by atoms with van der Waals surface area (Å²) in [7, 11) is 0. The van der Waals surface area contributed by atoms with Gasteiger partial charge in [0.2, 0.25) is 0 Å². The number of hydrogen-bond acceptors (Lipinski definition) is 4. The first kappa shape index (κ1) is 16.9. The van der Waals surface area contributed by atoms with Gasteiger partial charge in [-0.1, -0.05) is 20.8 Å². The monoisotopic (exact) mass is 279 g/mol. The van der Waals surface area contributed by atoms with Crippen LogP contribution in [0.2, 0.25) is 0 Å². The Morgan fingerprint density at radius 3 is 2.55 bits per heavy atom. The van der Waals surface area contributed by atoms with Gasteiger partial charge in [-0.15, -0.1) is 0 Å². The topological polar surface area (TPSA) is 37.4 Å². The van der Waals surface area contributed by atoms with E-state index >= 15 is 0 Å². The molecule has 0 radical (unpaired) electrons. The summed E-state index contributed by atoms with van der Waals surface area (Å²) in [4.78, 5) is 6.74. The number of aromatic nitrogens is 1. The van der Waals surface area contributed by atoms with Crippen LogP contribution in [0.5, 0.6) is 5.75 Å². The molecule has 1 N–H and O–H groups in total. The van der Waals surface area contributed by atoms with Crippen LogP contribution in [-0.2, 0) is 0 Å². The largest absolute Gasteiger partial charge is 0.492 e. The van der Waals surface area contributed by atoms with Crippen molar-refractivity contribution in [2.75, 3.05) is 32.8 Å². The first-order valence-corrected chi connectivity index (χ1v) is 7.78.